The van der Waals surface area contributed by atoms with E-state index in [-0.39, 0.29) is 18.8 Å². The first-order valence-electron chi connectivity index (χ1n) is 8.54. The number of hydrogen-bond acceptors (Lipinski definition) is 3. The Morgan fingerprint density at radius 2 is 2.04 bits per heavy atom. The third-order valence-corrected chi connectivity index (χ3v) is 6.66. The van der Waals surface area contributed by atoms with Crippen molar-refractivity contribution >= 4 is 16.2 Å². The molecule has 0 spiro atoms. The third-order valence-electron chi connectivity index (χ3n) is 5.39. The summed E-state index contributed by atoms with van der Waals surface area (Å²) in [4.78, 5) is 6.02. The summed E-state index contributed by atoms with van der Waals surface area (Å²) in [5.41, 5.74) is 0.813. The van der Waals surface area contributed by atoms with Crippen LogP contribution >= 0.6 is 11.3 Å². The zero-order valence-electron chi connectivity index (χ0n) is 13.0. The van der Waals surface area contributed by atoms with Gasteiger partial charge < -0.3 is 5.11 Å². The Morgan fingerprint density at radius 3 is 2.74 bits per heavy atom. The van der Waals surface area contributed by atoms with E-state index in [1.54, 1.807) is 12.5 Å². The SMILES string of the molecule is OC(CC1CCCCC1)c1c(C2CC(F)(F)C2)sc2cncn12. The second-order valence-corrected chi connectivity index (χ2v) is 8.23. The first-order valence-corrected chi connectivity index (χ1v) is 9.36. The van der Waals surface area contributed by atoms with Gasteiger partial charge in [0.05, 0.1) is 18.0 Å². The molecule has 3 nitrogen and oxygen atoms in total. The Balaban J connectivity index is 1.60. The smallest absolute Gasteiger partial charge is 0.249 e. The molecule has 0 amide bonds. The van der Waals surface area contributed by atoms with Crippen molar-refractivity contribution in [3.05, 3.63) is 23.1 Å². The molecule has 2 aliphatic rings. The predicted octanol–water partition coefficient (Wildman–Crippen LogP) is 4.91. The molecule has 0 aliphatic heterocycles. The Hall–Kier alpha value is -1.01. The average Bonchev–Trinajstić information content (AvgIpc) is 3.05. The molecular formula is C17H22F2N2OS. The summed E-state index contributed by atoms with van der Waals surface area (Å²) in [7, 11) is 0. The molecule has 2 aromatic rings. The summed E-state index contributed by atoms with van der Waals surface area (Å²) in [6.07, 6.45) is 9.54. The molecule has 2 heterocycles. The molecule has 2 aromatic heterocycles. The molecule has 0 bridgehead atoms. The maximum atomic E-state index is 13.3. The lowest BCUT2D eigenvalue weighted by Crippen LogP contribution is -2.34. The van der Waals surface area contributed by atoms with Crippen LogP contribution in [0, 0.1) is 5.92 Å². The van der Waals surface area contributed by atoms with E-state index >= 15 is 0 Å². The summed E-state index contributed by atoms with van der Waals surface area (Å²) in [5.74, 6) is -2.11. The van der Waals surface area contributed by atoms with Gasteiger partial charge in [-0.15, -0.1) is 11.3 Å². The molecule has 0 saturated heterocycles. The van der Waals surface area contributed by atoms with Crippen LogP contribution in [0.3, 0.4) is 0 Å². The summed E-state index contributed by atoms with van der Waals surface area (Å²) >= 11 is 1.51. The minimum Gasteiger partial charge on any atom is -0.387 e. The van der Waals surface area contributed by atoms with E-state index in [2.05, 4.69) is 4.98 Å². The van der Waals surface area contributed by atoms with Crippen molar-refractivity contribution < 1.29 is 13.9 Å². The monoisotopic (exact) mass is 340 g/mol. The minimum absolute atomic E-state index is 0.0900. The van der Waals surface area contributed by atoms with Gasteiger partial charge in [-0.25, -0.2) is 13.8 Å². The van der Waals surface area contributed by atoms with E-state index in [9.17, 15) is 13.9 Å². The number of thiazole rings is 1. The van der Waals surface area contributed by atoms with Crippen LogP contribution in [0.2, 0.25) is 0 Å². The summed E-state index contributed by atoms with van der Waals surface area (Å²) in [5, 5.41) is 10.8. The van der Waals surface area contributed by atoms with Crippen LogP contribution in [0.5, 0.6) is 0 Å². The molecular weight excluding hydrogens is 318 g/mol. The number of aliphatic hydroxyl groups is 1. The van der Waals surface area contributed by atoms with Gasteiger partial charge in [-0.3, -0.25) is 4.40 Å². The number of halogens is 2. The van der Waals surface area contributed by atoms with Gasteiger partial charge in [0.25, 0.3) is 0 Å². The average molecular weight is 340 g/mol. The van der Waals surface area contributed by atoms with E-state index < -0.39 is 12.0 Å². The topological polar surface area (TPSA) is 37.5 Å². The highest BCUT2D eigenvalue weighted by molar-refractivity contribution is 7.17. The summed E-state index contributed by atoms with van der Waals surface area (Å²) in [6.45, 7) is 0. The van der Waals surface area contributed by atoms with Crippen molar-refractivity contribution in [3.8, 4) is 0 Å². The van der Waals surface area contributed by atoms with Gasteiger partial charge in [0, 0.05) is 23.6 Å². The van der Waals surface area contributed by atoms with Crippen LogP contribution in [0.4, 0.5) is 8.78 Å². The van der Waals surface area contributed by atoms with E-state index in [4.69, 9.17) is 0 Å². The first-order chi connectivity index (χ1) is 11.0. The maximum absolute atomic E-state index is 13.3. The van der Waals surface area contributed by atoms with Crippen LogP contribution in [0.15, 0.2) is 12.5 Å². The van der Waals surface area contributed by atoms with Crippen LogP contribution in [0.1, 0.15) is 74.0 Å². The number of nitrogens with zero attached hydrogens (tertiary/aromatic N) is 2. The molecule has 1 atom stereocenters. The Bertz CT molecular complexity index is 682. The predicted molar refractivity (Wildman–Crippen MR) is 86.1 cm³/mol. The highest BCUT2D eigenvalue weighted by atomic mass is 32.1. The highest BCUT2D eigenvalue weighted by Crippen LogP contribution is 2.52. The molecule has 126 valence electrons. The van der Waals surface area contributed by atoms with Crippen molar-refractivity contribution in [1.82, 2.24) is 9.38 Å². The van der Waals surface area contributed by atoms with Gasteiger partial charge in [0.2, 0.25) is 5.92 Å². The fraction of sp³-hybridized carbons (Fsp3) is 0.706. The normalized spacial score (nSPS) is 24.0. The second kappa shape index (κ2) is 5.81. The molecule has 1 N–H and O–H groups in total. The lowest BCUT2D eigenvalue weighted by atomic mass is 9.78. The van der Waals surface area contributed by atoms with E-state index in [1.165, 1.54) is 43.4 Å². The number of aromatic nitrogens is 2. The molecule has 0 radical (unpaired) electrons. The second-order valence-electron chi connectivity index (χ2n) is 7.17. The Labute approximate surface area is 138 Å². The largest absolute Gasteiger partial charge is 0.387 e. The molecule has 0 aromatic carbocycles. The molecule has 23 heavy (non-hydrogen) atoms. The molecule has 6 heteroatoms. The zero-order valence-corrected chi connectivity index (χ0v) is 13.9. The molecule has 2 saturated carbocycles. The van der Waals surface area contributed by atoms with Crippen LogP contribution in [0.25, 0.3) is 4.83 Å². The minimum atomic E-state index is -2.53. The third kappa shape index (κ3) is 2.91. The number of rotatable bonds is 4. The Kier molecular flexibility index (Phi) is 3.92. The highest BCUT2D eigenvalue weighted by Gasteiger charge is 2.48. The lowest BCUT2D eigenvalue weighted by molar-refractivity contribution is -0.0865. The van der Waals surface area contributed by atoms with Gasteiger partial charge in [0.15, 0.2) is 0 Å². The van der Waals surface area contributed by atoms with Crippen molar-refractivity contribution in [2.24, 2.45) is 5.92 Å². The van der Waals surface area contributed by atoms with Crippen molar-refractivity contribution in [2.75, 3.05) is 0 Å². The summed E-state index contributed by atoms with van der Waals surface area (Å²) < 4.78 is 28.5. The van der Waals surface area contributed by atoms with Crippen LogP contribution in [-0.4, -0.2) is 20.4 Å². The van der Waals surface area contributed by atoms with Crippen molar-refractivity contribution in [1.29, 1.82) is 0 Å². The lowest BCUT2D eigenvalue weighted by Gasteiger charge is -2.35. The number of hydrogen-bond donors (Lipinski definition) is 1. The van der Waals surface area contributed by atoms with Gasteiger partial charge in [-0.1, -0.05) is 32.1 Å². The molecule has 2 fully saturated rings. The number of alkyl halides is 2. The van der Waals surface area contributed by atoms with Crippen molar-refractivity contribution in [3.63, 3.8) is 0 Å². The van der Waals surface area contributed by atoms with E-state index in [1.807, 2.05) is 4.40 Å². The number of imidazole rings is 1. The van der Waals surface area contributed by atoms with Gasteiger partial charge in [0.1, 0.15) is 11.2 Å². The number of fused-ring (bicyclic) bond motifs is 1. The van der Waals surface area contributed by atoms with Gasteiger partial charge >= 0.3 is 0 Å². The fourth-order valence-corrected chi connectivity index (χ4v) is 5.39. The molecule has 1 unspecified atom stereocenters. The van der Waals surface area contributed by atoms with Crippen LogP contribution in [-0.2, 0) is 0 Å². The molecule has 2 aliphatic carbocycles. The quantitative estimate of drug-likeness (QED) is 0.858. The first kappa shape index (κ1) is 15.5. The fourth-order valence-electron chi connectivity index (χ4n) is 4.14. The van der Waals surface area contributed by atoms with E-state index in [0.717, 1.165) is 21.8 Å². The summed E-state index contributed by atoms with van der Waals surface area (Å²) in [6, 6.07) is 0. The molecule has 4 rings (SSSR count). The standard InChI is InChI=1S/C17H22F2N2OS/c18-17(19)7-12(8-17)16-15(21-10-20-9-14(21)23-16)13(22)6-11-4-2-1-3-5-11/h9-13,22H,1-8H2. The number of aliphatic hydroxyl groups excluding tert-OH is 1. The van der Waals surface area contributed by atoms with Crippen molar-refractivity contribution in [2.45, 2.75) is 69.3 Å². The van der Waals surface area contributed by atoms with Crippen LogP contribution < -0.4 is 0 Å². The van der Waals surface area contributed by atoms with Gasteiger partial charge in [-0.05, 0) is 12.3 Å². The Morgan fingerprint density at radius 1 is 1.30 bits per heavy atom. The van der Waals surface area contributed by atoms with Gasteiger partial charge in [-0.2, -0.15) is 0 Å². The van der Waals surface area contributed by atoms with E-state index in [0.29, 0.717) is 5.92 Å². The maximum Gasteiger partial charge on any atom is 0.249 e. The zero-order chi connectivity index (χ0) is 16.0.